The molecule has 0 saturated heterocycles. The molecule has 2 heterocycles. The van der Waals surface area contributed by atoms with E-state index < -0.39 is 0 Å². The Balaban J connectivity index is 1.71. The van der Waals surface area contributed by atoms with E-state index >= 15 is 0 Å². The van der Waals surface area contributed by atoms with Crippen molar-refractivity contribution in [2.24, 2.45) is 0 Å². The molecular formula is C18H20N2O4S2. The van der Waals surface area contributed by atoms with Crippen molar-refractivity contribution in [2.75, 3.05) is 19.2 Å². The number of carbonyl (C=O) groups excluding carboxylic acids is 1. The predicted octanol–water partition coefficient (Wildman–Crippen LogP) is 3.93. The van der Waals surface area contributed by atoms with Crippen LogP contribution in [-0.4, -0.2) is 25.0 Å². The molecule has 0 aliphatic carbocycles. The lowest BCUT2D eigenvalue weighted by Crippen LogP contribution is -2.31. The summed E-state index contributed by atoms with van der Waals surface area (Å²) in [6, 6.07) is 5.73. The van der Waals surface area contributed by atoms with Gasteiger partial charge < -0.3 is 24.8 Å². The molecule has 0 bridgehead atoms. The molecule has 0 fully saturated rings. The quantitative estimate of drug-likeness (QED) is 0.603. The van der Waals surface area contributed by atoms with Gasteiger partial charge >= 0.3 is 5.97 Å². The molecule has 1 unspecified atom stereocenters. The first-order valence-electron chi connectivity index (χ1n) is 8.06. The number of benzene rings is 1. The molecule has 0 radical (unpaired) electrons. The summed E-state index contributed by atoms with van der Waals surface area (Å²) in [6.45, 7) is 6.10. The minimum atomic E-state index is -0.374. The van der Waals surface area contributed by atoms with Crippen LogP contribution in [-0.2, 0) is 4.74 Å². The molecule has 1 aliphatic heterocycles. The second-order valence-electron chi connectivity index (χ2n) is 5.91. The minimum absolute atomic E-state index is 0.0479. The first kappa shape index (κ1) is 18.5. The molecule has 1 atom stereocenters. The van der Waals surface area contributed by atoms with Crippen LogP contribution in [0.5, 0.6) is 11.5 Å². The summed E-state index contributed by atoms with van der Waals surface area (Å²) in [5.74, 6) is 1.10. The third kappa shape index (κ3) is 3.61. The van der Waals surface area contributed by atoms with Gasteiger partial charge in [-0.3, -0.25) is 0 Å². The highest BCUT2D eigenvalue weighted by atomic mass is 32.1. The molecule has 6 nitrogen and oxygen atoms in total. The molecule has 0 spiro atoms. The van der Waals surface area contributed by atoms with Crippen molar-refractivity contribution in [1.29, 1.82) is 0 Å². The topological polar surface area (TPSA) is 68.8 Å². The molecule has 26 heavy (non-hydrogen) atoms. The first-order chi connectivity index (χ1) is 12.4. The Morgan fingerprint density at radius 2 is 2.04 bits per heavy atom. The number of aryl methyl sites for hydroxylation is 1. The molecule has 0 amide bonds. The van der Waals surface area contributed by atoms with Gasteiger partial charge in [0.1, 0.15) is 5.00 Å². The third-order valence-corrected chi connectivity index (χ3v) is 5.59. The molecule has 2 N–H and O–H groups in total. The van der Waals surface area contributed by atoms with Crippen molar-refractivity contribution in [3.63, 3.8) is 0 Å². The highest BCUT2D eigenvalue weighted by molar-refractivity contribution is 7.80. The van der Waals surface area contributed by atoms with E-state index in [1.807, 2.05) is 39.0 Å². The van der Waals surface area contributed by atoms with Crippen LogP contribution in [0.2, 0.25) is 0 Å². The van der Waals surface area contributed by atoms with E-state index in [1.165, 1.54) is 18.4 Å². The number of hydrogen-bond acceptors (Lipinski definition) is 6. The lowest BCUT2D eigenvalue weighted by molar-refractivity contribution is 0.0601. The molecule has 1 aromatic carbocycles. The number of anilines is 1. The van der Waals surface area contributed by atoms with E-state index in [4.69, 9.17) is 26.4 Å². The van der Waals surface area contributed by atoms with E-state index in [0.717, 1.165) is 27.5 Å². The van der Waals surface area contributed by atoms with E-state index in [2.05, 4.69) is 10.6 Å². The van der Waals surface area contributed by atoms with Gasteiger partial charge in [0.05, 0.1) is 18.7 Å². The second kappa shape index (κ2) is 7.51. The lowest BCUT2D eigenvalue weighted by atomic mass is 10.1. The summed E-state index contributed by atoms with van der Waals surface area (Å²) >= 11 is 6.90. The van der Waals surface area contributed by atoms with Crippen LogP contribution in [0.1, 0.15) is 39.3 Å². The zero-order valence-electron chi connectivity index (χ0n) is 15.0. The minimum Gasteiger partial charge on any atom is -0.465 e. The fourth-order valence-corrected chi connectivity index (χ4v) is 4.06. The van der Waals surface area contributed by atoms with Crippen molar-refractivity contribution in [3.05, 3.63) is 39.8 Å². The fourth-order valence-electron chi connectivity index (χ4n) is 2.66. The van der Waals surface area contributed by atoms with Crippen molar-refractivity contribution in [1.82, 2.24) is 5.32 Å². The SMILES string of the molecule is COC(=O)c1c(NC(=S)NC(C)c2ccc3c(c2)OCO3)sc(C)c1C. The maximum Gasteiger partial charge on any atom is 0.341 e. The van der Waals surface area contributed by atoms with Gasteiger partial charge in [0.2, 0.25) is 6.79 Å². The van der Waals surface area contributed by atoms with Gasteiger partial charge in [-0.15, -0.1) is 11.3 Å². The van der Waals surface area contributed by atoms with Gasteiger partial charge in [0.25, 0.3) is 0 Å². The van der Waals surface area contributed by atoms with Gasteiger partial charge in [0, 0.05) is 4.88 Å². The Kier molecular flexibility index (Phi) is 5.33. The largest absolute Gasteiger partial charge is 0.465 e. The summed E-state index contributed by atoms with van der Waals surface area (Å²) in [5.41, 5.74) is 2.44. The molecule has 1 aliphatic rings. The number of rotatable bonds is 4. The van der Waals surface area contributed by atoms with Gasteiger partial charge in [0.15, 0.2) is 16.6 Å². The summed E-state index contributed by atoms with van der Waals surface area (Å²) in [7, 11) is 1.37. The lowest BCUT2D eigenvalue weighted by Gasteiger charge is -2.17. The van der Waals surface area contributed by atoms with Gasteiger partial charge in [-0.05, 0) is 56.2 Å². The van der Waals surface area contributed by atoms with Gasteiger partial charge in [-0.1, -0.05) is 6.07 Å². The van der Waals surface area contributed by atoms with Crippen molar-refractivity contribution in [3.8, 4) is 11.5 Å². The zero-order valence-corrected chi connectivity index (χ0v) is 16.6. The number of ether oxygens (including phenoxy) is 3. The number of fused-ring (bicyclic) bond motifs is 1. The maximum atomic E-state index is 12.1. The van der Waals surface area contributed by atoms with Crippen LogP contribution in [0, 0.1) is 13.8 Å². The Morgan fingerprint density at radius 3 is 2.77 bits per heavy atom. The Bertz CT molecular complexity index is 863. The average molecular weight is 393 g/mol. The van der Waals surface area contributed by atoms with Gasteiger partial charge in [-0.2, -0.15) is 0 Å². The van der Waals surface area contributed by atoms with Crippen molar-refractivity contribution >= 4 is 39.6 Å². The Morgan fingerprint density at radius 1 is 1.31 bits per heavy atom. The molecule has 1 aromatic heterocycles. The monoisotopic (exact) mass is 392 g/mol. The smallest absolute Gasteiger partial charge is 0.341 e. The van der Waals surface area contributed by atoms with Gasteiger partial charge in [-0.25, -0.2) is 4.79 Å². The number of hydrogen-bond donors (Lipinski definition) is 2. The number of carbonyl (C=O) groups is 1. The summed E-state index contributed by atoms with van der Waals surface area (Å²) in [5, 5.41) is 7.46. The van der Waals surface area contributed by atoms with Crippen LogP contribution in [0.3, 0.4) is 0 Å². The molecule has 2 aromatic rings. The third-order valence-electron chi connectivity index (χ3n) is 4.25. The summed E-state index contributed by atoms with van der Waals surface area (Å²) in [4.78, 5) is 13.1. The van der Waals surface area contributed by atoms with Crippen LogP contribution in [0.25, 0.3) is 0 Å². The van der Waals surface area contributed by atoms with Crippen LogP contribution >= 0.6 is 23.6 Å². The maximum absolute atomic E-state index is 12.1. The Hall–Kier alpha value is -2.32. The normalized spacial score (nSPS) is 13.2. The molecule has 8 heteroatoms. The first-order valence-corrected chi connectivity index (χ1v) is 9.28. The number of thiophene rings is 1. The molecule has 3 rings (SSSR count). The number of esters is 1. The van der Waals surface area contributed by atoms with Crippen LogP contribution in [0.15, 0.2) is 18.2 Å². The molecule has 0 saturated carbocycles. The summed E-state index contributed by atoms with van der Waals surface area (Å²) in [6.07, 6.45) is 0. The van der Waals surface area contributed by atoms with Crippen LogP contribution in [0.4, 0.5) is 5.00 Å². The van der Waals surface area contributed by atoms with E-state index in [9.17, 15) is 4.79 Å². The van der Waals surface area contributed by atoms with Crippen molar-refractivity contribution in [2.45, 2.75) is 26.8 Å². The second-order valence-corrected chi connectivity index (χ2v) is 7.54. The Labute approximate surface area is 161 Å². The number of thiocarbonyl (C=S) groups is 1. The average Bonchev–Trinajstić information content (AvgIpc) is 3.18. The van der Waals surface area contributed by atoms with E-state index in [0.29, 0.717) is 15.7 Å². The number of nitrogens with one attached hydrogen (secondary N) is 2. The number of methoxy groups -OCH3 is 1. The fraction of sp³-hybridized carbons (Fsp3) is 0.333. The molecule has 138 valence electrons. The highest BCUT2D eigenvalue weighted by Crippen LogP contribution is 2.35. The van der Waals surface area contributed by atoms with Crippen molar-refractivity contribution < 1.29 is 19.0 Å². The standard InChI is InChI=1S/C18H20N2O4S2/c1-9-11(3)26-16(15(9)17(21)22-4)20-18(25)19-10(2)12-5-6-13-14(7-12)24-8-23-13/h5-7,10H,8H2,1-4H3,(H2,19,20,25). The highest BCUT2D eigenvalue weighted by Gasteiger charge is 2.21. The van der Waals surface area contributed by atoms with Crippen LogP contribution < -0.4 is 20.1 Å². The van der Waals surface area contributed by atoms with E-state index in [-0.39, 0.29) is 18.8 Å². The summed E-state index contributed by atoms with van der Waals surface area (Å²) < 4.78 is 15.6. The zero-order chi connectivity index (χ0) is 18.8. The molecular weight excluding hydrogens is 372 g/mol. The van der Waals surface area contributed by atoms with E-state index in [1.54, 1.807) is 0 Å². The predicted molar refractivity (Wildman–Crippen MR) is 105 cm³/mol.